The van der Waals surface area contributed by atoms with Gasteiger partial charge in [0.2, 0.25) is 0 Å². The molecule has 5 heteroatoms. The molecule has 0 aromatic heterocycles. The van der Waals surface area contributed by atoms with E-state index < -0.39 is 18.0 Å². The second-order valence-electron chi connectivity index (χ2n) is 6.18. The summed E-state index contributed by atoms with van der Waals surface area (Å²) in [5.41, 5.74) is 1.21. The Labute approximate surface area is 157 Å². The van der Waals surface area contributed by atoms with Crippen LogP contribution >= 0.6 is 0 Å². The lowest BCUT2D eigenvalue weighted by molar-refractivity contribution is -0.141. The van der Waals surface area contributed by atoms with E-state index in [0.29, 0.717) is 5.75 Å². The third-order valence-corrected chi connectivity index (χ3v) is 4.10. The first-order valence-electron chi connectivity index (χ1n) is 8.54. The molecule has 5 nitrogen and oxygen atoms in total. The molecule has 0 unspecified atom stereocenters. The third-order valence-electron chi connectivity index (χ3n) is 4.10. The second-order valence-corrected chi connectivity index (χ2v) is 6.18. The van der Waals surface area contributed by atoms with Crippen molar-refractivity contribution in [1.82, 2.24) is 0 Å². The van der Waals surface area contributed by atoms with Gasteiger partial charge >= 0.3 is 11.9 Å². The molecule has 0 spiro atoms. The molecular weight excluding hydrogens is 344 g/mol. The first-order chi connectivity index (χ1) is 13.0. The highest BCUT2D eigenvalue weighted by molar-refractivity contribution is 5.99. The van der Waals surface area contributed by atoms with Crippen LogP contribution in [0.3, 0.4) is 0 Å². The molecule has 0 amide bonds. The Morgan fingerprint density at radius 3 is 2.30 bits per heavy atom. The summed E-state index contributed by atoms with van der Waals surface area (Å²) in [4.78, 5) is 24.6. The van der Waals surface area contributed by atoms with Crippen LogP contribution in [0, 0.1) is 6.92 Å². The molecule has 0 heterocycles. The zero-order valence-electron chi connectivity index (χ0n) is 15.4. The number of methoxy groups -OCH3 is 1. The fourth-order valence-electron chi connectivity index (χ4n) is 2.71. The Kier molecular flexibility index (Phi) is 5.41. The van der Waals surface area contributed by atoms with Crippen molar-refractivity contribution >= 4 is 22.7 Å². The van der Waals surface area contributed by atoms with Crippen molar-refractivity contribution in [3.05, 3.63) is 71.8 Å². The van der Waals surface area contributed by atoms with Crippen LogP contribution in [0.1, 0.15) is 22.8 Å². The monoisotopic (exact) mass is 364 g/mol. The number of hydrogen-bond acceptors (Lipinski definition) is 5. The number of carbonyl (C=O) groups is 2. The molecule has 27 heavy (non-hydrogen) atoms. The zero-order chi connectivity index (χ0) is 19.4. The van der Waals surface area contributed by atoms with Crippen LogP contribution in [0.2, 0.25) is 0 Å². The predicted octanol–water partition coefficient (Wildman–Crippen LogP) is 4.31. The van der Waals surface area contributed by atoms with Crippen LogP contribution in [0.4, 0.5) is 0 Å². The van der Waals surface area contributed by atoms with E-state index in [1.165, 1.54) is 7.11 Å². The number of carbonyl (C=O) groups excluding carboxylic acids is 2. The molecule has 3 rings (SSSR count). The lowest BCUT2D eigenvalue weighted by Crippen LogP contribution is -2.29. The van der Waals surface area contributed by atoms with Crippen LogP contribution in [0.15, 0.2) is 60.7 Å². The molecule has 138 valence electrons. The Hall–Kier alpha value is -3.34. The highest BCUT2D eigenvalue weighted by atomic mass is 16.6. The minimum atomic E-state index is -0.844. The van der Waals surface area contributed by atoms with E-state index in [1.54, 1.807) is 25.1 Å². The van der Waals surface area contributed by atoms with Gasteiger partial charge in [-0.15, -0.1) is 0 Å². The summed E-state index contributed by atoms with van der Waals surface area (Å²) in [7, 11) is 1.28. The van der Waals surface area contributed by atoms with Crippen molar-refractivity contribution in [2.24, 2.45) is 0 Å². The lowest BCUT2D eigenvalue weighted by Gasteiger charge is -2.16. The summed E-state index contributed by atoms with van der Waals surface area (Å²) in [6, 6.07) is 18.2. The Morgan fingerprint density at radius 1 is 0.926 bits per heavy atom. The van der Waals surface area contributed by atoms with E-state index in [1.807, 2.05) is 49.4 Å². The van der Waals surface area contributed by atoms with Gasteiger partial charge in [-0.2, -0.15) is 0 Å². The van der Waals surface area contributed by atoms with Crippen molar-refractivity contribution in [3.8, 4) is 11.5 Å². The van der Waals surface area contributed by atoms with Gasteiger partial charge in [-0.25, -0.2) is 9.59 Å². The van der Waals surface area contributed by atoms with E-state index in [9.17, 15) is 9.59 Å². The third kappa shape index (κ3) is 4.26. The fraction of sp³-hybridized carbons (Fsp3) is 0.182. The molecule has 0 aliphatic carbocycles. The van der Waals surface area contributed by atoms with Crippen molar-refractivity contribution in [1.29, 1.82) is 0 Å². The number of hydrogen-bond donors (Lipinski definition) is 0. The van der Waals surface area contributed by atoms with Crippen molar-refractivity contribution < 1.29 is 23.8 Å². The van der Waals surface area contributed by atoms with Gasteiger partial charge in [0, 0.05) is 0 Å². The van der Waals surface area contributed by atoms with Crippen LogP contribution in [0.25, 0.3) is 10.8 Å². The summed E-state index contributed by atoms with van der Waals surface area (Å²) < 4.78 is 15.9. The molecule has 0 N–H and O–H groups in total. The fourth-order valence-corrected chi connectivity index (χ4v) is 2.71. The largest absolute Gasteiger partial charge is 0.479 e. The minimum absolute atomic E-state index is 0.144. The molecule has 0 saturated carbocycles. The Balaban J connectivity index is 1.85. The van der Waals surface area contributed by atoms with Crippen molar-refractivity contribution in [2.45, 2.75) is 20.0 Å². The maximum absolute atomic E-state index is 12.5. The number of esters is 2. The Morgan fingerprint density at radius 2 is 1.63 bits per heavy atom. The number of ether oxygens (including phenoxy) is 3. The van der Waals surface area contributed by atoms with E-state index in [4.69, 9.17) is 14.2 Å². The first kappa shape index (κ1) is 18.5. The van der Waals surface area contributed by atoms with Gasteiger partial charge in [0.1, 0.15) is 17.1 Å². The minimum Gasteiger partial charge on any atom is -0.479 e. The van der Waals surface area contributed by atoms with Gasteiger partial charge in [0.15, 0.2) is 6.10 Å². The van der Waals surface area contributed by atoms with Gasteiger partial charge in [0.25, 0.3) is 0 Å². The van der Waals surface area contributed by atoms with Gasteiger partial charge < -0.3 is 14.2 Å². The molecule has 0 saturated heterocycles. The van der Waals surface area contributed by atoms with Gasteiger partial charge in [0.05, 0.1) is 7.11 Å². The SMILES string of the molecule is COC(=O)c1cc2ccccc2cc1OC(=O)[C@H](C)Oc1cccc(C)c1. The smallest absolute Gasteiger partial charge is 0.352 e. The van der Waals surface area contributed by atoms with Crippen molar-refractivity contribution in [3.63, 3.8) is 0 Å². The van der Waals surface area contributed by atoms with Gasteiger partial charge in [-0.3, -0.25) is 0 Å². The van der Waals surface area contributed by atoms with Crippen LogP contribution in [0.5, 0.6) is 11.5 Å². The number of fused-ring (bicyclic) bond motifs is 1. The Bertz CT molecular complexity index is 993. The molecule has 0 aliphatic heterocycles. The van der Waals surface area contributed by atoms with Gasteiger partial charge in [-0.1, -0.05) is 36.4 Å². The number of aryl methyl sites for hydroxylation is 1. The maximum atomic E-state index is 12.5. The van der Waals surface area contributed by atoms with Gasteiger partial charge in [-0.05, 0) is 54.4 Å². The summed E-state index contributed by atoms with van der Waals surface area (Å²) in [6.07, 6.45) is -0.844. The highest BCUT2D eigenvalue weighted by Gasteiger charge is 2.22. The summed E-state index contributed by atoms with van der Waals surface area (Å²) in [5.74, 6) is -0.454. The number of rotatable bonds is 5. The number of benzene rings is 3. The molecule has 0 aliphatic rings. The molecule has 0 bridgehead atoms. The van der Waals surface area contributed by atoms with E-state index in [2.05, 4.69) is 0 Å². The predicted molar refractivity (Wildman–Crippen MR) is 102 cm³/mol. The first-order valence-corrected chi connectivity index (χ1v) is 8.54. The summed E-state index contributed by atoms with van der Waals surface area (Å²) in [5, 5.41) is 1.70. The molecule has 0 fully saturated rings. The standard InChI is InChI=1S/C22H20O5/c1-14-7-6-10-18(11-14)26-15(2)21(23)27-20-13-17-9-5-4-8-16(17)12-19(20)22(24)25-3/h4-13,15H,1-3H3/t15-/m0/s1. The maximum Gasteiger partial charge on any atom is 0.352 e. The van der Waals surface area contributed by atoms with E-state index >= 15 is 0 Å². The normalized spacial score (nSPS) is 11.7. The molecule has 3 aromatic carbocycles. The molecule has 3 aromatic rings. The van der Waals surface area contributed by atoms with Crippen LogP contribution in [-0.4, -0.2) is 25.2 Å². The lowest BCUT2D eigenvalue weighted by atomic mass is 10.1. The van der Waals surface area contributed by atoms with Crippen LogP contribution < -0.4 is 9.47 Å². The second kappa shape index (κ2) is 7.91. The summed E-state index contributed by atoms with van der Waals surface area (Å²) >= 11 is 0. The van der Waals surface area contributed by atoms with E-state index in [0.717, 1.165) is 16.3 Å². The molecular formula is C22H20O5. The summed E-state index contributed by atoms with van der Waals surface area (Å²) in [6.45, 7) is 3.54. The average molecular weight is 364 g/mol. The average Bonchev–Trinajstić information content (AvgIpc) is 2.66. The van der Waals surface area contributed by atoms with Crippen molar-refractivity contribution in [2.75, 3.05) is 7.11 Å². The molecule has 1 atom stereocenters. The topological polar surface area (TPSA) is 61.8 Å². The zero-order valence-corrected chi connectivity index (χ0v) is 15.4. The quantitative estimate of drug-likeness (QED) is 0.499. The molecule has 0 radical (unpaired) electrons. The highest BCUT2D eigenvalue weighted by Crippen LogP contribution is 2.27. The van der Waals surface area contributed by atoms with Crippen LogP contribution in [-0.2, 0) is 9.53 Å². The van der Waals surface area contributed by atoms with E-state index in [-0.39, 0.29) is 11.3 Å².